The van der Waals surface area contributed by atoms with Gasteiger partial charge in [0.1, 0.15) is 0 Å². The Morgan fingerprint density at radius 3 is 2.61 bits per heavy atom. The van der Waals surface area contributed by atoms with Gasteiger partial charge in [0.15, 0.2) is 7.28 Å². The summed E-state index contributed by atoms with van der Waals surface area (Å²) in [6.07, 6.45) is 0. The van der Waals surface area contributed by atoms with Crippen molar-refractivity contribution < 1.29 is 0 Å². The van der Waals surface area contributed by atoms with E-state index in [1.165, 1.54) is 47.9 Å². The van der Waals surface area contributed by atoms with Crippen molar-refractivity contribution in [2.75, 3.05) is 11.1 Å². The molecule has 2 heterocycles. The molecular weight excluding hydrogens is 358 g/mol. The number of nitrogens with one attached hydrogen (secondary N) is 1. The molecule has 1 aliphatic heterocycles. The summed E-state index contributed by atoms with van der Waals surface area (Å²) in [6.45, 7) is 6.51. The smallest absolute Gasteiger partial charge is 0.205 e. The van der Waals surface area contributed by atoms with Crippen LogP contribution in [0.4, 0.5) is 17.1 Å². The summed E-state index contributed by atoms with van der Waals surface area (Å²) in [7, 11) is 4.60. The number of nitrogen functional groups attached to an aromatic ring is 1. The van der Waals surface area contributed by atoms with Crippen molar-refractivity contribution in [1.82, 2.24) is 0 Å². The molecule has 3 N–H and O–H groups in total. The third-order valence-corrected chi connectivity index (χ3v) is 6.80. The summed E-state index contributed by atoms with van der Waals surface area (Å²) in [5.74, 6) is 0. The zero-order valence-electron chi connectivity index (χ0n) is 16.3. The molecule has 0 saturated heterocycles. The van der Waals surface area contributed by atoms with Crippen molar-refractivity contribution >= 4 is 74.2 Å². The lowest BCUT2D eigenvalue weighted by atomic mass is 9.56. The van der Waals surface area contributed by atoms with Crippen molar-refractivity contribution in [3.05, 3.63) is 65.2 Å². The summed E-state index contributed by atoms with van der Waals surface area (Å²) in [4.78, 5) is 0. The lowest BCUT2D eigenvalue weighted by Gasteiger charge is -2.25. The second-order valence-corrected chi connectivity index (χ2v) is 8.68. The fourth-order valence-electron chi connectivity index (χ4n) is 4.02. The van der Waals surface area contributed by atoms with Gasteiger partial charge in [-0.25, -0.2) is 0 Å². The Morgan fingerprint density at radius 1 is 0.964 bits per heavy atom. The topological polar surface area (TPSA) is 38.0 Å². The molecule has 5 rings (SSSR count). The Labute approximate surface area is 171 Å². The van der Waals surface area contributed by atoms with Crippen molar-refractivity contribution in [3.8, 4) is 0 Å². The number of nitrogens with two attached hydrogens (primary N) is 1. The number of benzene rings is 3. The van der Waals surface area contributed by atoms with Crippen LogP contribution in [0, 0.1) is 20.8 Å². The van der Waals surface area contributed by atoms with E-state index in [0.717, 1.165) is 17.1 Å². The minimum Gasteiger partial charge on any atom is -0.399 e. The second kappa shape index (κ2) is 6.46. The Kier molecular flexibility index (Phi) is 4.02. The van der Waals surface area contributed by atoms with Crippen molar-refractivity contribution in [2.45, 2.75) is 20.8 Å². The fourth-order valence-corrected chi connectivity index (χ4v) is 5.18. The molecule has 0 unspecified atom stereocenters. The molecular formula is C23H20B2N2S. The van der Waals surface area contributed by atoms with Gasteiger partial charge in [0, 0.05) is 21.8 Å². The summed E-state index contributed by atoms with van der Waals surface area (Å²) < 4.78 is 2.68. The van der Waals surface area contributed by atoms with Gasteiger partial charge in [-0.05, 0) is 60.8 Å². The monoisotopic (exact) mass is 378 g/mol. The quantitative estimate of drug-likeness (QED) is 0.366. The Hall–Kier alpha value is -2.65. The normalized spacial score (nSPS) is 12.1. The molecule has 0 spiro atoms. The zero-order chi connectivity index (χ0) is 19.4. The Bertz CT molecular complexity index is 1240. The molecule has 4 aromatic rings. The molecule has 0 fully saturated rings. The molecule has 0 atom stereocenters. The SMILES string of the molecule is Cc1cc2c(cc1[B]c1sc3ccccc3c1C)[B]c1c(C)cc(N)cc1N2. The third-order valence-electron chi connectivity index (χ3n) is 5.58. The molecule has 5 heteroatoms. The van der Waals surface area contributed by atoms with Gasteiger partial charge in [0.05, 0.1) is 0 Å². The summed E-state index contributed by atoms with van der Waals surface area (Å²) in [6, 6.07) is 17.2. The summed E-state index contributed by atoms with van der Waals surface area (Å²) in [5, 5.41) is 4.92. The van der Waals surface area contributed by atoms with Crippen LogP contribution in [0.1, 0.15) is 16.7 Å². The standard InChI is InChI=1S/C23H20B2N2S/c1-12-9-19-18(24-22-13(2)8-15(26)10-20(22)27-19)11-17(12)25-23-14(3)16-6-4-5-7-21(16)28-23/h4-11,27H,26H2,1-3H3. The van der Waals surface area contributed by atoms with Gasteiger partial charge in [0.2, 0.25) is 7.28 Å². The van der Waals surface area contributed by atoms with Crippen LogP contribution in [0.15, 0.2) is 48.5 Å². The molecule has 0 saturated carbocycles. The number of fused-ring (bicyclic) bond motifs is 3. The van der Waals surface area contributed by atoms with E-state index in [4.69, 9.17) is 5.73 Å². The maximum atomic E-state index is 6.03. The van der Waals surface area contributed by atoms with Crippen molar-refractivity contribution in [1.29, 1.82) is 0 Å². The highest BCUT2D eigenvalue weighted by atomic mass is 32.1. The number of aryl methyl sites for hydroxylation is 3. The number of hydrogen-bond donors (Lipinski definition) is 2. The second-order valence-electron chi connectivity index (χ2n) is 7.60. The molecule has 0 bridgehead atoms. The third kappa shape index (κ3) is 2.82. The van der Waals surface area contributed by atoms with Crippen LogP contribution in [0.25, 0.3) is 10.1 Å². The summed E-state index contributed by atoms with van der Waals surface area (Å²) >= 11 is 1.86. The predicted molar refractivity (Wildman–Crippen MR) is 127 cm³/mol. The molecule has 0 amide bonds. The maximum absolute atomic E-state index is 6.03. The van der Waals surface area contributed by atoms with Gasteiger partial charge in [-0.2, -0.15) is 11.3 Å². The van der Waals surface area contributed by atoms with Gasteiger partial charge >= 0.3 is 0 Å². The molecule has 134 valence electrons. The first-order valence-corrected chi connectivity index (χ1v) is 10.3. The van der Waals surface area contributed by atoms with Crippen LogP contribution in [0.2, 0.25) is 0 Å². The lowest BCUT2D eigenvalue weighted by molar-refractivity contribution is 1.46. The van der Waals surface area contributed by atoms with E-state index < -0.39 is 0 Å². The van der Waals surface area contributed by atoms with Crippen molar-refractivity contribution in [3.63, 3.8) is 0 Å². The van der Waals surface area contributed by atoms with Crippen LogP contribution in [0.3, 0.4) is 0 Å². The highest BCUT2D eigenvalue weighted by Gasteiger charge is 2.20. The van der Waals surface area contributed by atoms with Crippen molar-refractivity contribution in [2.24, 2.45) is 0 Å². The minimum atomic E-state index is 0.794. The van der Waals surface area contributed by atoms with E-state index in [0.29, 0.717) is 0 Å². The highest BCUT2D eigenvalue weighted by Crippen LogP contribution is 2.24. The minimum absolute atomic E-state index is 0.794. The van der Waals surface area contributed by atoms with E-state index >= 15 is 0 Å². The van der Waals surface area contributed by atoms with E-state index in [1.807, 2.05) is 23.5 Å². The number of anilines is 3. The van der Waals surface area contributed by atoms with Gasteiger partial charge in [0.25, 0.3) is 0 Å². The van der Waals surface area contributed by atoms with Gasteiger partial charge in [-0.1, -0.05) is 51.8 Å². The van der Waals surface area contributed by atoms with Crippen LogP contribution >= 0.6 is 11.3 Å². The van der Waals surface area contributed by atoms with Crippen LogP contribution in [-0.4, -0.2) is 14.6 Å². The fraction of sp³-hybridized carbons (Fsp3) is 0.130. The molecule has 3 aromatic carbocycles. The lowest BCUT2D eigenvalue weighted by Crippen LogP contribution is -2.41. The average molecular weight is 378 g/mol. The van der Waals surface area contributed by atoms with Gasteiger partial charge in [-0.3, -0.25) is 0 Å². The first kappa shape index (κ1) is 17.4. The largest absolute Gasteiger partial charge is 0.399 e. The molecule has 1 aliphatic rings. The van der Waals surface area contributed by atoms with Crippen LogP contribution in [-0.2, 0) is 0 Å². The predicted octanol–water partition coefficient (Wildman–Crippen LogP) is 2.78. The molecule has 1 aromatic heterocycles. The van der Waals surface area contributed by atoms with Crippen LogP contribution < -0.4 is 32.2 Å². The first-order chi connectivity index (χ1) is 13.5. The Balaban J connectivity index is 1.53. The highest BCUT2D eigenvalue weighted by molar-refractivity contribution is 7.28. The number of rotatable bonds is 2. The molecule has 0 aliphatic carbocycles. The number of thiophene rings is 1. The van der Waals surface area contributed by atoms with E-state index in [2.05, 4.69) is 77.0 Å². The van der Waals surface area contributed by atoms with E-state index in [1.54, 1.807) is 0 Å². The first-order valence-electron chi connectivity index (χ1n) is 9.49. The average Bonchev–Trinajstić information content (AvgIpc) is 2.97. The maximum Gasteiger partial charge on any atom is 0.205 e. The zero-order valence-corrected chi connectivity index (χ0v) is 17.1. The summed E-state index contributed by atoms with van der Waals surface area (Å²) in [5.41, 5.74) is 16.6. The van der Waals surface area contributed by atoms with E-state index in [9.17, 15) is 0 Å². The van der Waals surface area contributed by atoms with Crippen LogP contribution in [0.5, 0.6) is 0 Å². The number of hydrogen-bond acceptors (Lipinski definition) is 3. The molecule has 2 nitrogen and oxygen atoms in total. The van der Waals surface area contributed by atoms with E-state index in [-0.39, 0.29) is 0 Å². The van der Waals surface area contributed by atoms with Gasteiger partial charge < -0.3 is 11.1 Å². The molecule has 28 heavy (non-hydrogen) atoms. The molecule has 2 radical (unpaired) electrons. The van der Waals surface area contributed by atoms with Gasteiger partial charge in [-0.15, -0.1) is 0 Å². The Morgan fingerprint density at radius 2 is 1.79 bits per heavy atom.